The highest BCUT2D eigenvalue weighted by molar-refractivity contribution is 4.97. The van der Waals surface area contributed by atoms with E-state index in [1.54, 1.807) is 7.11 Å². The van der Waals surface area contributed by atoms with E-state index in [2.05, 4.69) is 11.6 Å². The van der Waals surface area contributed by atoms with Crippen LogP contribution in [0.15, 0.2) is 11.8 Å². The Kier molecular flexibility index (Phi) is 4.85. The first kappa shape index (κ1) is 9.59. The van der Waals surface area contributed by atoms with Gasteiger partial charge in [0.25, 0.3) is 0 Å². The Morgan fingerprint density at radius 2 is 1.92 bits per heavy atom. The molecule has 2 nitrogen and oxygen atoms in total. The molecule has 0 saturated carbocycles. The van der Waals surface area contributed by atoms with Crippen molar-refractivity contribution in [1.82, 2.24) is 5.48 Å². The molecule has 0 aliphatic heterocycles. The minimum atomic E-state index is 1.15. The zero-order valence-corrected chi connectivity index (χ0v) is 7.94. The van der Waals surface area contributed by atoms with Gasteiger partial charge in [0.2, 0.25) is 0 Å². The second-order valence-corrected chi connectivity index (χ2v) is 3.34. The summed E-state index contributed by atoms with van der Waals surface area (Å²) in [4.78, 5) is 4.90. The molecule has 2 heteroatoms. The number of hydrogen-bond acceptors (Lipinski definition) is 2. The van der Waals surface area contributed by atoms with Crippen LogP contribution in [0.4, 0.5) is 0 Å². The number of hydroxylamine groups is 1. The number of hydrogen-bond donors (Lipinski definition) is 1. The molecule has 0 radical (unpaired) electrons. The fourth-order valence-electron chi connectivity index (χ4n) is 1.59. The highest BCUT2D eigenvalue weighted by Crippen LogP contribution is 2.14. The lowest BCUT2D eigenvalue weighted by atomic mass is 10.1. The van der Waals surface area contributed by atoms with Crippen LogP contribution in [0.5, 0.6) is 0 Å². The van der Waals surface area contributed by atoms with E-state index in [1.165, 1.54) is 44.2 Å². The Balaban J connectivity index is 2.33. The van der Waals surface area contributed by atoms with Crippen LogP contribution < -0.4 is 5.48 Å². The van der Waals surface area contributed by atoms with Gasteiger partial charge in [0.05, 0.1) is 7.11 Å². The zero-order valence-electron chi connectivity index (χ0n) is 7.94. The highest BCUT2D eigenvalue weighted by Gasteiger charge is 1.99. The fourth-order valence-corrected chi connectivity index (χ4v) is 1.59. The molecule has 1 rings (SSSR count). The van der Waals surface area contributed by atoms with Gasteiger partial charge in [0, 0.05) is 5.70 Å². The van der Waals surface area contributed by atoms with E-state index >= 15 is 0 Å². The summed E-state index contributed by atoms with van der Waals surface area (Å²) in [5.41, 5.74) is 4.20. The van der Waals surface area contributed by atoms with E-state index in [4.69, 9.17) is 4.84 Å². The molecule has 0 atom stereocenters. The van der Waals surface area contributed by atoms with E-state index in [-0.39, 0.29) is 0 Å². The van der Waals surface area contributed by atoms with Gasteiger partial charge in [0.15, 0.2) is 0 Å². The molecule has 0 fully saturated rings. The van der Waals surface area contributed by atoms with Crippen LogP contribution in [-0.2, 0) is 4.84 Å². The Morgan fingerprint density at radius 1 is 1.17 bits per heavy atom. The quantitative estimate of drug-likeness (QED) is 0.642. The first-order chi connectivity index (χ1) is 5.93. The fraction of sp³-hybridized carbons (Fsp3) is 0.800. The molecule has 0 aromatic heterocycles. The molecule has 12 heavy (non-hydrogen) atoms. The average molecular weight is 169 g/mol. The molecule has 1 N–H and O–H groups in total. The van der Waals surface area contributed by atoms with Crippen molar-refractivity contribution in [2.75, 3.05) is 7.11 Å². The smallest absolute Gasteiger partial charge is 0.0636 e. The van der Waals surface area contributed by atoms with Crippen LogP contribution in [-0.4, -0.2) is 7.11 Å². The second kappa shape index (κ2) is 6.06. The van der Waals surface area contributed by atoms with E-state index in [1.807, 2.05) is 0 Å². The molecule has 70 valence electrons. The lowest BCUT2D eigenvalue weighted by Crippen LogP contribution is -2.10. The molecule has 1 aliphatic rings. The molecule has 0 amide bonds. The molecule has 1 aliphatic carbocycles. The minimum absolute atomic E-state index is 1.15. The van der Waals surface area contributed by atoms with Crippen molar-refractivity contribution in [2.24, 2.45) is 0 Å². The Hall–Kier alpha value is -0.500. The largest absolute Gasteiger partial charge is 0.280 e. The van der Waals surface area contributed by atoms with E-state index in [0.29, 0.717) is 0 Å². The Labute approximate surface area is 74.9 Å². The lowest BCUT2D eigenvalue weighted by molar-refractivity contribution is 0.114. The highest BCUT2D eigenvalue weighted by atomic mass is 16.6. The number of rotatable bonds is 2. The summed E-state index contributed by atoms with van der Waals surface area (Å²) < 4.78 is 0. The number of allylic oxidation sites excluding steroid dienone is 2. The van der Waals surface area contributed by atoms with Crippen LogP contribution in [0.3, 0.4) is 0 Å². The summed E-state index contributed by atoms with van der Waals surface area (Å²) in [6.45, 7) is 0. The molecule has 0 unspecified atom stereocenters. The first-order valence-electron chi connectivity index (χ1n) is 4.91. The minimum Gasteiger partial charge on any atom is -0.280 e. The summed E-state index contributed by atoms with van der Waals surface area (Å²) in [5, 5.41) is 0. The summed E-state index contributed by atoms with van der Waals surface area (Å²) in [6.07, 6.45) is 11.4. The van der Waals surface area contributed by atoms with Crippen LogP contribution >= 0.6 is 0 Å². The maximum absolute atomic E-state index is 4.90. The van der Waals surface area contributed by atoms with Crippen molar-refractivity contribution >= 4 is 0 Å². The van der Waals surface area contributed by atoms with Crippen LogP contribution in [0, 0.1) is 0 Å². The third-order valence-corrected chi connectivity index (χ3v) is 2.27. The Bertz CT molecular complexity index is 143. The van der Waals surface area contributed by atoms with Gasteiger partial charge in [-0.3, -0.25) is 10.3 Å². The second-order valence-electron chi connectivity index (χ2n) is 3.34. The maximum Gasteiger partial charge on any atom is 0.0636 e. The van der Waals surface area contributed by atoms with Crippen molar-refractivity contribution in [3.05, 3.63) is 11.8 Å². The van der Waals surface area contributed by atoms with E-state index in [9.17, 15) is 0 Å². The standard InChI is InChI=1S/C10H19NO/c1-12-11-10-8-6-4-2-3-5-7-9-10/h8,11H,2-7,9H2,1H3. The van der Waals surface area contributed by atoms with Crippen LogP contribution in [0.25, 0.3) is 0 Å². The third kappa shape index (κ3) is 3.77. The predicted octanol–water partition coefficient (Wildman–Crippen LogP) is 2.77. The van der Waals surface area contributed by atoms with Crippen molar-refractivity contribution in [3.8, 4) is 0 Å². The predicted molar refractivity (Wildman–Crippen MR) is 50.5 cm³/mol. The SMILES string of the molecule is CONC1=CCCCCCCC1. The van der Waals surface area contributed by atoms with Gasteiger partial charge in [-0.1, -0.05) is 25.3 Å². The first-order valence-corrected chi connectivity index (χ1v) is 4.91. The van der Waals surface area contributed by atoms with Crippen molar-refractivity contribution < 1.29 is 4.84 Å². The van der Waals surface area contributed by atoms with Gasteiger partial charge in [-0.2, -0.15) is 0 Å². The van der Waals surface area contributed by atoms with Gasteiger partial charge in [-0.05, 0) is 25.7 Å². The number of nitrogens with one attached hydrogen (secondary N) is 1. The van der Waals surface area contributed by atoms with Gasteiger partial charge < -0.3 is 0 Å². The van der Waals surface area contributed by atoms with Gasteiger partial charge in [-0.25, -0.2) is 0 Å². The normalized spacial score (nSPS) is 20.2. The Morgan fingerprint density at radius 3 is 2.75 bits per heavy atom. The van der Waals surface area contributed by atoms with Gasteiger partial charge in [0.1, 0.15) is 0 Å². The molecule has 0 aromatic carbocycles. The van der Waals surface area contributed by atoms with Crippen molar-refractivity contribution in [1.29, 1.82) is 0 Å². The summed E-state index contributed by atoms with van der Waals surface area (Å²) >= 11 is 0. The third-order valence-electron chi connectivity index (χ3n) is 2.27. The summed E-state index contributed by atoms with van der Waals surface area (Å²) in [6, 6.07) is 0. The van der Waals surface area contributed by atoms with E-state index in [0.717, 1.165) is 6.42 Å². The summed E-state index contributed by atoms with van der Waals surface area (Å²) in [5.74, 6) is 0. The van der Waals surface area contributed by atoms with Crippen LogP contribution in [0.2, 0.25) is 0 Å². The molecule has 0 saturated heterocycles. The maximum atomic E-state index is 4.90. The molecule has 0 bridgehead atoms. The lowest BCUT2D eigenvalue weighted by Gasteiger charge is -2.06. The molecule has 0 aromatic rings. The average Bonchev–Trinajstić information content (AvgIpc) is 2.19. The zero-order chi connectivity index (χ0) is 8.65. The summed E-state index contributed by atoms with van der Waals surface area (Å²) in [7, 11) is 1.67. The van der Waals surface area contributed by atoms with E-state index < -0.39 is 0 Å². The molecular formula is C10H19NO. The van der Waals surface area contributed by atoms with Gasteiger partial charge >= 0.3 is 0 Å². The molecule has 0 spiro atoms. The van der Waals surface area contributed by atoms with Crippen molar-refractivity contribution in [2.45, 2.75) is 44.9 Å². The van der Waals surface area contributed by atoms with Crippen molar-refractivity contribution in [3.63, 3.8) is 0 Å². The van der Waals surface area contributed by atoms with Gasteiger partial charge in [-0.15, -0.1) is 0 Å². The molecular weight excluding hydrogens is 150 g/mol. The topological polar surface area (TPSA) is 21.3 Å². The molecule has 0 heterocycles. The van der Waals surface area contributed by atoms with Crippen LogP contribution in [0.1, 0.15) is 44.9 Å². The monoisotopic (exact) mass is 169 g/mol.